The third kappa shape index (κ3) is 3.40. The van der Waals surface area contributed by atoms with Gasteiger partial charge in [-0.25, -0.2) is 4.98 Å². The van der Waals surface area contributed by atoms with Crippen LogP contribution in [0.15, 0.2) is 54.7 Å². The van der Waals surface area contributed by atoms with E-state index >= 15 is 0 Å². The highest BCUT2D eigenvalue weighted by Gasteiger charge is 2.13. The zero-order chi connectivity index (χ0) is 19.7. The van der Waals surface area contributed by atoms with E-state index < -0.39 is 0 Å². The van der Waals surface area contributed by atoms with E-state index in [1.807, 2.05) is 37.4 Å². The van der Waals surface area contributed by atoms with Crippen molar-refractivity contribution >= 4 is 27.8 Å². The van der Waals surface area contributed by atoms with E-state index in [0.29, 0.717) is 25.4 Å². The summed E-state index contributed by atoms with van der Waals surface area (Å²) in [5, 5.41) is 4.21. The third-order valence-corrected chi connectivity index (χ3v) is 5.28. The van der Waals surface area contributed by atoms with Gasteiger partial charge in [-0.2, -0.15) is 0 Å². The van der Waals surface area contributed by atoms with E-state index in [1.54, 1.807) is 0 Å². The van der Waals surface area contributed by atoms with E-state index in [2.05, 4.69) is 57.7 Å². The molecule has 0 fully saturated rings. The zero-order valence-electron chi connectivity index (χ0n) is 16.6. The molecule has 4 rings (SSSR count). The summed E-state index contributed by atoms with van der Waals surface area (Å²) in [6.45, 7) is 4.90. The molecule has 2 heterocycles. The molecular formula is C23H26N4O. The second kappa shape index (κ2) is 7.50. The van der Waals surface area contributed by atoms with E-state index in [9.17, 15) is 4.79 Å². The topological polar surface area (TPSA) is 51.9 Å². The largest absolute Gasteiger partial charge is 0.355 e. The first-order valence-corrected chi connectivity index (χ1v) is 9.80. The molecule has 0 spiro atoms. The van der Waals surface area contributed by atoms with Gasteiger partial charge in [0.05, 0.1) is 17.5 Å². The lowest BCUT2D eigenvalue weighted by Crippen LogP contribution is -2.27. The minimum absolute atomic E-state index is 0.0467. The molecule has 4 aromatic rings. The maximum Gasteiger partial charge on any atom is 0.224 e. The minimum Gasteiger partial charge on any atom is -0.355 e. The second-order valence-electron chi connectivity index (χ2n) is 7.52. The lowest BCUT2D eigenvalue weighted by atomic mass is 10.1. The van der Waals surface area contributed by atoms with Gasteiger partial charge in [0, 0.05) is 43.2 Å². The van der Waals surface area contributed by atoms with Crippen LogP contribution in [0.5, 0.6) is 0 Å². The lowest BCUT2D eigenvalue weighted by Gasteiger charge is -2.08. The molecule has 0 aliphatic heterocycles. The fourth-order valence-corrected chi connectivity index (χ4v) is 3.81. The van der Waals surface area contributed by atoms with Crippen molar-refractivity contribution in [3.8, 4) is 0 Å². The molecule has 1 amide bonds. The Kier molecular flexibility index (Phi) is 4.90. The molecule has 28 heavy (non-hydrogen) atoms. The Labute approximate surface area is 165 Å². The summed E-state index contributed by atoms with van der Waals surface area (Å²) in [4.78, 5) is 17.2. The molecule has 0 aliphatic rings. The van der Waals surface area contributed by atoms with Crippen LogP contribution in [-0.2, 0) is 24.7 Å². The maximum absolute atomic E-state index is 12.5. The molecule has 2 aromatic carbocycles. The van der Waals surface area contributed by atoms with Crippen LogP contribution in [0.1, 0.15) is 31.3 Å². The van der Waals surface area contributed by atoms with Crippen LogP contribution in [0.2, 0.25) is 0 Å². The first-order valence-electron chi connectivity index (χ1n) is 9.80. The number of nitrogens with zero attached hydrogens (tertiary/aromatic N) is 3. The van der Waals surface area contributed by atoms with Crippen molar-refractivity contribution in [3.63, 3.8) is 0 Å². The monoisotopic (exact) mass is 374 g/mol. The van der Waals surface area contributed by atoms with Crippen LogP contribution in [0, 0.1) is 0 Å². The number of carbonyl (C=O) groups is 1. The van der Waals surface area contributed by atoms with Gasteiger partial charge in [-0.05, 0) is 37.6 Å². The molecule has 0 atom stereocenters. The fraction of sp³-hybridized carbons (Fsp3) is 0.304. The Bertz CT molecular complexity index is 1140. The molecule has 0 unspecified atom stereocenters. The van der Waals surface area contributed by atoms with E-state index in [0.717, 1.165) is 27.8 Å². The Morgan fingerprint density at radius 2 is 1.79 bits per heavy atom. The number of benzene rings is 2. The number of aryl methyl sites for hydroxylation is 1. The quantitative estimate of drug-likeness (QED) is 0.554. The number of carbonyl (C=O) groups excluding carboxylic acids is 1. The average Bonchev–Trinajstić information content (AvgIpc) is 3.21. The van der Waals surface area contributed by atoms with Gasteiger partial charge >= 0.3 is 0 Å². The van der Waals surface area contributed by atoms with Crippen LogP contribution >= 0.6 is 0 Å². The van der Waals surface area contributed by atoms with Gasteiger partial charge in [0.25, 0.3) is 0 Å². The normalized spacial score (nSPS) is 11.6. The average molecular weight is 374 g/mol. The molecule has 0 bridgehead atoms. The van der Waals surface area contributed by atoms with Gasteiger partial charge in [0.15, 0.2) is 0 Å². The molecule has 0 saturated carbocycles. The summed E-state index contributed by atoms with van der Waals surface area (Å²) in [6.07, 6.45) is 3.22. The second-order valence-corrected chi connectivity index (χ2v) is 7.52. The number of fused-ring (bicyclic) bond motifs is 2. The third-order valence-electron chi connectivity index (χ3n) is 5.28. The predicted octanol–water partition coefficient (Wildman–Crippen LogP) is 4.01. The summed E-state index contributed by atoms with van der Waals surface area (Å²) in [7, 11) is 2.02. The number of para-hydroxylation sites is 3. The SMILES string of the molecule is CC(C)n1cc(CC(=O)NCCc2nc3ccccc3n2C)c2ccccc21. The summed E-state index contributed by atoms with van der Waals surface area (Å²) in [5.74, 6) is 1.03. The van der Waals surface area contributed by atoms with Gasteiger partial charge < -0.3 is 14.5 Å². The molecule has 0 aliphatic carbocycles. The molecular weight excluding hydrogens is 348 g/mol. The number of rotatable bonds is 6. The minimum atomic E-state index is 0.0467. The highest BCUT2D eigenvalue weighted by atomic mass is 16.1. The Morgan fingerprint density at radius 3 is 2.54 bits per heavy atom. The highest BCUT2D eigenvalue weighted by Crippen LogP contribution is 2.25. The van der Waals surface area contributed by atoms with E-state index in [-0.39, 0.29) is 5.91 Å². The number of amides is 1. The van der Waals surface area contributed by atoms with Gasteiger partial charge in [0.1, 0.15) is 5.82 Å². The van der Waals surface area contributed by atoms with Gasteiger partial charge in [-0.15, -0.1) is 0 Å². The number of hydrogen-bond donors (Lipinski definition) is 1. The smallest absolute Gasteiger partial charge is 0.224 e. The standard InChI is InChI=1S/C23H26N4O/c1-16(2)27-15-17(18-8-4-6-10-20(18)27)14-23(28)24-13-12-22-25-19-9-5-7-11-21(19)26(22)3/h4-11,15-16H,12-14H2,1-3H3,(H,24,28). The Morgan fingerprint density at radius 1 is 1.07 bits per heavy atom. The molecule has 144 valence electrons. The van der Waals surface area contributed by atoms with E-state index in [1.165, 1.54) is 5.52 Å². The van der Waals surface area contributed by atoms with Crippen molar-refractivity contribution in [2.24, 2.45) is 7.05 Å². The lowest BCUT2D eigenvalue weighted by molar-refractivity contribution is -0.120. The van der Waals surface area contributed by atoms with Crippen molar-refractivity contribution < 1.29 is 4.79 Å². The summed E-state index contributed by atoms with van der Waals surface area (Å²) < 4.78 is 4.33. The van der Waals surface area contributed by atoms with Crippen molar-refractivity contribution in [3.05, 3.63) is 66.1 Å². The summed E-state index contributed by atoms with van der Waals surface area (Å²) in [6, 6.07) is 16.7. The molecule has 5 heteroatoms. The van der Waals surface area contributed by atoms with Crippen LogP contribution in [-0.4, -0.2) is 26.6 Å². The van der Waals surface area contributed by atoms with Gasteiger partial charge in [-0.3, -0.25) is 4.79 Å². The zero-order valence-corrected chi connectivity index (χ0v) is 16.6. The summed E-state index contributed by atoms with van der Waals surface area (Å²) >= 11 is 0. The van der Waals surface area contributed by atoms with Gasteiger partial charge in [0.2, 0.25) is 5.91 Å². The fourth-order valence-electron chi connectivity index (χ4n) is 3.81. The van der Waals surface area contributed by atoms with Crippen LogP contribution in [0.4, 0.5) is 0 Å². The summed E-state index contributed by atoms with van der Waals surface area (Å²) in [5.41, 5.74) is 4.36. The van der Waals surface area contributed by atoms with E-state index in [4.69, 9.17) is 0 Å². The number of nitrogens with one attached hydrogen (secondary N) is 1. The first kappa shape index (κ1) is 18.3. The van der Waals surface area contributed by atoms with Crippen LogP contribution in [0.25, 0.3) is 21.9 Å². The molecule has 5 nitrogen and oxygen atoms in total. The van der Waals surface area contributed by atoms with Crippen molar-refractivity contribution in [2.75, 3.05) is 6.54 Å². The number of imidazole rings is 1. The maximum atomic E-state index is 12.5. The van der Waals surface area contributed by atoms with Gasteiger partial charge in [-0.1, -0.05) is 30.3 Å². The molecule has 0 saturated heterocycles. The Balaban J connectivity index is 1.42. The van der Waals surface area contributed by atoms with Crippen molar-refractivity contribution in [1.29, 1.82) is 0 Å². The molecule has 2 aromatic heterocycles. The van der Waals surface area contributed by atoms with Crippen LogP contribution in [0.3, 0.4) is 0 Å². The number of hydrogen-bond acceptors (Lipinski definition) is 2. The number of aromatic nitrogens is 3. The molecule has 0 radical (unpaired) electrons. The Hall–Kier alpha value is -3.08. The van der Waals surface area contributed by atoms with Crippen LogP contribution < -0.4 is 5.32 Å². The first-order chi connectivity index (χ1) is 13.5. The highest BCUT2D eigenvalue weighted by molar-refractivity contribution is 5.89. The predicted molar refractivity (Wildman–Crippen MR) is 113 cm³/mol. The molecule has 1 N–H and O–H groups in total. The van der Waals surface area contributed by atoms with Crippen molar-refractivity contribution in [1.82, 2.24) is 19.4 Å². The van der Waals surface area contributed by atoms with Crippen molar-refractivity contribution in [2.45, 2.75) is 32.7 Å².